The van der Waals surface area contributed by atoms with E-state index >= 15 is 0 Å². The van der Waals surface area contributed by atoms with Gasteiger partial charge < -0.3 is 10.6 Å². The van der Waals surface area contributed by atoms with Crippen molar-refractivity contribution in [3.63, 3.8) is 0 Å². The number of hydrogen-bond acceptors (Lipinski definition) is 3. The summed E-state index contributed by atoms with van der Waals surface area (Å²) in [5, 5.41) is 7.50. The predicted molar refractivity (Wildman–Crippen MR) is 99.9 cm³/mol. The molecule has 0 bridgehead atoms. The molecule has 0 radical (unpaired) electrons. The highest BCUT2D eigenvalue weighted by Gasteiger charge is 2.25. The van der Waals surface area contributed by atoms with Gasteiger partial charge in [0.2, 0.25) is 0 Å². The van der Waals surface area contributed by atoms with Crippen LogP contribution in [0.3, 0.4) is 0 Å². The van der Waals surface area contributed by atoms with Gasteiger partial charge in [-0.25, -0.2) is 0 Å². The topological polar surface area (TPSA) is 24.1 Å². The molecule has 1 aliphatic rings. The minimum absolute atomic E-state index is 0.413. The first-order valence-electron chi connectivity index (χ1n) is 8.61. The third kappa shape index (κ3) is 4.37. The molecule has 1 aliphatic heterocycles. The van der Waals surface area contributed by atoms with Crippen LogP contribution in [-0.4, -0.2) is 18.3 Å². The first kappa shape index (κ1) is 16.6. The lowest BCUT2D eigenvalue weighted by molar-refractivity contribution is 0.304. The summed E-state index contributed by atoms with van der Waals surface area (Å²) < 4.78 is 0. The largest absolute Gasteiger partial charge is 0.309 e. The van der Waals surface area contributed by atoms with E-state index in [9.17, 15) is 0 Å². The number of nitrogens with one attached hydrogen (secondary N) is 2. The molecule has 3 rings (SSSR count). The van der Waals surface area contributed by atoms with E-state index in [-0.39, 0.29) is 0 Å². The molecule has 0 unspecified atom stereocenters. The van der Waals surface area contributed by atoms with Crippen molar-refractivity contribution >= 4 is 11.8 Å². The maximum atomic E-state index is 3.81. The molecule has 1 fully saturated rings. The highest BCUT2D eigenvalue weighted by Crippen LogP contribution is 2.26. The molecule has 2 aromatic rings. The van der Waals surface area contributed by atoms with Crippen LogP contribution in [0.5, 0.6) is 0 Å². The number of thioether (sulfide) groups is 1. The average molecular weight is 327 g/mol. The fourth-order valence-electron chi connectivity index (χ4n) is 3.31. The molecule has 122 valence electrons. The summed E-state index contributed by atoms with van der Waals surface area (Å²) in [6, 6.07) is 20.5. The molecule has 2 aromatic carbocycles. The number of benzene rings is 2. The van der Waals surface area contributed by atoms with Crippen LogP contribution in [0.15, 0.2) is 59.5 Å². The average Bonchev–Trinajstić information content (AvgIpc) is 2.62. The fraction of sp³-hybridized carbons (Fsp3) is 0.400. The summed E-state index contributed by atoms with van der Waals surface area (Å²) in [7, 11) is 0. The third-order valence-corrected chi connectivity index (χ3v) is 5.44. The number of piperidine rings is 1. The maximum Gasteiger partial charge on any atom is 0.0476 e. The molecule has 0 spiro atoms. The number of hydrogen-bond donors (Lipinski definition) is 2. The zero-order valence-corrected chi connectivity index (χ0v) is 14.6. The van der Waals surface area contributed by atoms with E-state index in [1.807, 2.05) is 11.8 Å². The molecule has 2 N–H and O–H groups in total. The van der Waals surface area contributed by atoms with E-state index in [0.29, 0.717) is 12.1 Å². The Hall–Kier alpha value is -1.29. The van der Waals surface area contributed by atoms with Crippen molar-refractivity contribution < 1.29 is 0 Å². The summed E-state index contributed by atoms with van der Waals surface area (Å²) >= 11 is 1.93. The molecular weight excluding hydrogens is 300 g/mol. The van der Waals surface area contributed by atoms with Gasteiger partial charge in [-0.05, 0) is 42.3 Å². The Bertz CT molecular complexity index is 600. The van der Waals surface area contributed by atoms with Crippen molar-refractivity contribution in [1.29, 1.82) is 0 Å². The second kappa shape index (κ2) is 8.53. The van der Waals surface area contributed by atoms with Gasteiger partial charge in [-0.1, -0.05) is 55.5 Å². The Labute approximate surface area is 144 Å². The second-order valence-electron chi connectivity index (χ2n) is 6.01. The lowest BCUT2D eigenvalue weighted by Crippen LogP contribution is -2.45. The molecular formula is C20H26N2S. The standard InChI is InChI=1S/C20H26N2S/c1-2-23-19-13-7-6-11-17(19)15-22-18-12-8-14-21-20(18)16-9-4-3-5-10-16/h3-7,9-11,13,18,20-22H,2,8,12,14-15H2,1H3/t18-,20-/m1/s1. The van der Waals surface area contributed by atoms with Gasteiger partial charge in [0.1, 0.15) is 0 Å². The van der Waals surface area contributed by atoms with Crippen LogP contribution >= 0.6 is 11.8 Å². The van der Waals surface area contributed by atoms with E-state index in [0.717, 1.165) is 18.8 Å². The maximum absolute atomic E-state index is 3.81. The highest BCUT2D eigenvalue weighted by atomic mass is 32.2. The molecule has 2 atom stereocenters. The minimum atomic E-state index is 0.413. The summed E-state index contributed by atoms with van der Waals surface area (Å²) in [4.78, 5) is 1.41. The Morgan fingerprint density at radius 2 is 1.87 bits per heavy atom. The van der Waals surface area contributed by atoms with Crippen LogP contribution in [0, 0.1) is 0 Å². The zero-order valence-electron chi connectivity index (χ0n) is 13.8. The van der Waals surface area contributed by atoms with Crippen molar-refractivity contribution in [2.45, 2.75) is 43.3 Å². The normalized spacial score (nSPS) is 21.3. The molecule has 3 heteroatoms. The second-order valence-corrected chi connectivity index (χ2v) is 7.32. The molecule has 0 aromatic heterocycles. The summed E-state index contributed by atoms with van der Waals surface area (Å²) in [5.41, 5.74) is 2.80. The smallest absolute Gasteiger partial charge is 0.0476 e. The fourth-order valence-corrected chi connectivity index (χ4v) is 4.12. The van der Waals surface area contributed by atoms with Gasteiger partial charge in [-0.15, -0.1) is 11.8 Å². The van der Waals surface area contributed by atoms with Gasteiger partial charge in [-0.3, -0.25) is 0 Å². The van der Waals surface area contributed by atoms with Crippen molar-refractivity contribution in [1.82, 2.24) is 10.6 Å². The molecule has 1 heterocycles. The van der Waals surface area contributed by atoms with Crippen LogP contribution in [-0.2, 0) is 6.54 Å². The summed E-state index contributed by atoms with van der Waals surface area (Å²) in [5.74, 6) is 1.12. The van der Waals surface area contributed by atoms with Crippen molar-refractivity contribution in [3.8, 4) is 0 Å². The van der Waals surface area contributed by atoms with Gasteiger partial charge in [0, 0.05) is 23.5 Å². The highest BCUT2D eigenvalue weighted by molar-refractivity contribution is 7.99. The Kier molecular flexibility index (Phi) is 6.14. The zero-order chi connectivity index (χ0) is 15.9. The van der Waals surface area contributed by atoms with E-state index < -0.39 is 0 Å². The van der Waals surface area contributed by atoms with E-state index in [1.165, 1.54) is 28.9 Å². The molecule has 0 aliphatic carbocycles. The van der Waals surface area contributed by atoms with Crippen LogP contribution in [0.1, 0.15) is 36.9 Å². The lowest BCUT2D eigenvalue weighted by atomic mass is 9.92. The van der Waals surface area contributed by atoms with Crippen LogP contribution in [0.2, 0.25) is 0 Å². The Balaban J connectivity index is 1.68. The van der Waals surface area contributed by atoms with Gasteiger partial charge in [0.05, 0.1) is 0 Å². The van der Waals surface area contributed by atoms with Crippen molar-refractivity contribution in [3.05, 3.63) is 65.7 Å². The SMILES string of the molecule is CCSc1ccccc1CN[C@@H]1CCCN[C@@H]1c1ccccc1. The third-order valence-electron chi connectivity index (χ3n) is 4.44. The lowest BCUT2D eigenvalue weighted by Gasteiger charge is -2.34. The van der Waals surface area contributed by atoms with Gasteiger partial charge in [0.25, 0.3) is 0 Å². The Morgan fingerprint density at radius 3 is 2.70 bits per heavy atom. The van der Waals surface area contributed by atoms with Crippen LogP contribution in [0.25, 0.3) is 0 Å². The monoisotopic (exact) mass is 326 g/mol. The quantitative estimate of drug-likeness (QED) is 0.770. The van der Waals surface area contributed by atoms with E-state index in [2.05, 4.69) is 72.2 Å². The predicted octanol–water partition coefficient (Wildman–Crippen LogP) is 4.38. The van der Waals surface area contributed by atoms with Crippen molar-refractivity contribution in [2.75, 3.05) is 12.3 Å². The molecule has 23 heavy (non-hydrogen) atoms. The van der Waals surface area contributed by atoms with Gasteiger partial charge in [-0.2, -0.15) is 0 Å². The van der Waals surface area contributed by atoms with Gasteiger partial charge >= 0.3 is 0 Å². The molecule has 2 nitrogen and oxygen atoms in total. The molecule has 1 saturated heterocycles. The number of rotatable bonds is 6. The first-order valence-corrected chi connectivity index (χ1v) is 9.59. The summed E-state index contributed by atoms with van der Waals surface area (Å²) in [6.45, 7) is 4.27. The van der Waals surface area contributed by atoms with E-state index in [1.54, 1.807) is 0 Å². The van der Waals surface area contributed by atoms with Crippen molar-refractivity contribution in [2.24, 2.45) is 0 Å². The first-order chi connectivity index (χ1) is 11.4. The van der Waals surface area contributed by atoms with Crippen LogP contribution in [0.4, 0.5) is 0 Å². The van der Waals surface area contributed by atoms with Crippen LogP contribution < -0.4 is 10.6 Å². The summed E-state index contributed by atoms with van der Waals surface area (Å²) in [6.07, 6.45) is 2.47. The minimum Gasteiger partial charge on any atom is -0.309 e. The molecule has 0 amide bonds. The molecule has 0 saturated carbocycles. The Morgan fingerprint density at radius 1 is 1.09 bits per heavy atom. The van der Waals surface area contributed by atoms with Gasteiger partial charge in [0.15, 0.2) is 0 Å². The van der Waals surface area contributed by atoms with E-state index in [4.69, 9.17) is 0 Å².